The Morgan fingerprint density at radius 1 is 1.18 bits per heavy atom. The highest BCUT2D eigenvalue weighted by atomic mass is 32.2. The number of allylic oxidation sites excluding steroid dienone is 1. The summed E-state index contributed by atoms with van der Waals surface area (Å²) in [7, 11) is -4.01. The second-order valence-electron chi connectivity index (χ2n) is 6.47. The van der Waals surface area contributed by atoms with Gasteiger partial charge in [0.25, 0.3) is 15.6 Å². The Morgan fingerprint density at radius 3 is 2.61 bits per heavy atom. The fraction of sp³-hybridized carbons (Fsp3) is 0.286. The molecule has 1 N–H and O–H groups in total. The van der Waals surface area contributed by atoms with Crippen LogP contribution in [0, 0.1) is 0 Å². The average Bonchev–Trinajstić information content (AvgIpc) is 2.98. The number of benzene rings is 2. The van der Waals surface area contributed by atoms with Crippen LogP contribution in [-0.2, 0) is 21.4 Å². The molecule has 0 fully saturated rings. The highest BCUT2D eigenvalue weighted by Crippen LogP contribution is 2.24. The molecule has 0 aliphatic heterocycles. The summed E-state index contributed by atoms with van der Waals surface area (Å²) in [5.74, 6) is 0.966. The summed E-state index contributed by atoms with van der Waals surface area (Å²) in [5, 5.41) is 0. The van der Waals surface area contributed by atoms with Crippen molar-refractivity contribution in [3.63, 3.8) is 0 Å². The van der Waals surface area contributed by atoms with Crippen molar-refractivity contribution in [1.29, 1.82) is 0 Å². The minimum Gasteiger partial charge on any atom is -0.498 e. The third kappa shape index (κ3) is 4.99. The van der Waals surface area contributed by atoms with E-state index in [1.807, 2.05) is 66.9 Å². The van der Waals surface area contributed by atoms with Crippen LogP contribution >= 0.6 is 0 Å². The molecule has 0 aliphatic rings. The van der Waals surface area contributed by atoms with Crippen LogP contribution in [0.5, 0.6) is 0 Å². The molecule has 0 saturated heterocycles. The van der Waals surface area contributed by atoms with Gasteiger partial charge in [-0.15, -0.1) is 0 Å². The van der Waals surface area contributed by atoms with Crippen LogP contribution in [0.3, 0.4) is 0 Å². The van der Waals surface area contributed by atoms with Crippen molar-refractivity contribution in [1.82, 2.24) is 0 Å². The van der Waals surface area contributed by atoms with Gasteiger partial charge in [-0.25, -0.2) is 0 Å². The number of aryl methyl sites for hydroxylation is 1. The lowest BCUT2D eigenvalue weighted by Crippen LogP contribution is -2.36. The van der Waals surface area contributed by atoms with Crippen molar-refractivity contribution in [3.8, 4) is 11.1 Å². The number of hydrogen-bond donors (Lipinski definition) is 1. The van der Waals surface area contributed by atoms with Gasteiger partial charge in [0.05, 0.1) is 18.4 Å². The molecule has 0 saturated carbocycles. The summed E-state index contributed by atoms with van der Waals surface area (Å²) < 4.78 is 44.6. The summed E-state index contributed by atoms with van der Waals surface area (Å²) in [6.45, 7) is 4.68. The van der Waals surface area contributed by atoms with Crippen LogP contribution in [0.4, 0.5) is 0 Å². The van der Waals surface area contributed by atoms with Crippen LogP contribution in [-0.4, -0.2) is 25.3 Å². The maximum atomic E-state index is 11.1. The summed E-state index contributed by atoms with van der Waals surface area (Å²) in [6.07, 6.45) is 2.06. The summed E-state index contributed by atoms with van der Waals surface area (Å²) >= 11 is 0. The van der Waals surface area contributed by atoms with E-state index in [0.717, 1.165) is 16.6 Å². The Balaban J connectivity index is 2.05. The van der Waals surface area contributed by atoms with Gasteiger partial charge in [0.2, 0.25) is 5.58 Å². The van der Waals surface area contributed by atoms with E-state index >= 15 is 0 Å². The van der Waals surface area contributed by atoms with Crippen LogP contribution in [0.1, 0.15) is 26.2 Å². The largest absolute Gasteiger partial charge is 0.498 e. The minimum absolute atomic E-state index is 0.266. The molecule has 6 nitrogen and oxygen atoms in total. The van der Waals surface area contributed by atoms with Gasteiger partial charge in [0.15, 0.2) is 6.54 Å². The van der Waals surface area contributed by atoms with Crippen LogP contribution < -0.4 is 4.57 Å². The molecular formula is C21H24NO5S+. The first-order valence-electron chi connectivity index (χ1n) is 9.15. The standard InChI is InChI=1S/C21H23NO5S/c1-3-26-16(2)14-21-22(12-7-13-28(23,24)25)19-15-18(10-11-20(19)27-21)17-8-5-4-6-9-17/h4-6,8-11,14-15H,3,7,12-13H2,1-2H3/p+1. The van der Waals surface area contributed by atoms with Gasteiger partial charge in [-0.05, 0) is 31.0 Å². The lowest BCUT2D eigenvalue weighted by Gasteiger charge is -2.01. The van der Waals surface area contributed by atoms with E-state index in [1.165, 1.54) is 0 Å². The van der Waals surface area contributed by atoms with Crippen LogP contribution in [0.25, 0.3) is 28.3 Å². The average molecular weight is 402 g/mol. The number of fused-ring (bicyclic) bond motifs is 1. The monoisotopic (exact) mass is 402 g/mol. The molecule has 2 aromatic carbocycles. The molecule has 3 aromatic rings. The predicted molar refractivity (Wildman–Crippen MR) is 108 cm³/mol. The topological polar surface area (TPSA) is 80.6 Å². The molecule has 0 unspecified atom stereocenters. The Morgan fingerprint density at radius 2 is 1.93 bits per heavy atom. The molecule has 0 atom stereocenters. The minimum atomic E-state index is -4.01. The lowest BCUT2D eigenvalue weighted by atomic mass is 10.1. The zero-order chi connectivity index (χ0) is 20.1. The number of oxazole rings is 1. The van der Waals surface area contributed by atoms with E-state index < -0.39 is 10.1 Å². The maximum absolute atomic E-state index is 11.1. The number of ether oxygens (including phenoxy) is 1. The van der Waals surface area contributed by atoms with Gasteiger partial charge in [0.1, 0.15) is 5.76 Å². The molecule has 148 valence electrons. The third-order valence-corrected chi connectivity index (χ3v) is 5.12. The molecule has 0 aliphatic carbocycles. The summed E-state index contributed by atoms with van der Waals surface area (Å²) in [4.78, 5) is 0. The van der Waals surface area contributed by atoms with Crippen molar-refractivity contribution < 1.29 is 26.7 Å². The molecule has 3 rings (SSSR count). The zero-order valence-electron chi connectivity index (χ0n) is 16.0. The first-order valence-corrected chi connectivity index (χ1v) is 10.8. The number of aromatic nitrogens is 1. The molecular weight excluding hydrogens is 378 g/mol. The third-order valence-electron chi connectivity index (χ3n) is 4.32. The predicted octanol–water partition coefficient (Wildman–Crippen LogP) is 4.06. The molecule has 0 bridgehead atoms. The first-order chi connectivity index (χ1) is 13.4. The van der Waals surface area contributed by atoms with Gasteiger partial charge in [-0.2, -0.15) is 13.0 Å². The second kappa shape index (κ2) is 8.58. The van der Waals surface area contributed by atoms with Gasteiger partial charge >= 0.3 is 5.89 Å². The fourth-order valence-corrected chi connectivity index (χ4v) is 3.59. The quantitative estimate of drug-likeness (QED) is 0.349. The van der Waals surface area contributed by atoms with E-state index in [9.17, 15) is 8.42 Å². The highest BCUT2D eigenvalue weighted by Gasteiger charge is 2.22. The second-order valence-corrected chi connectivity index (χ2v) is 8.04. The van der Waals surface area contributed by atoms with Crippen molar-refractivity contribution >= 4 is 27.3 Å². The molecule has 1 aromatic heterocycles. The van der Waals surface area contributed by atoms with Crippen molar-refractivity contribution in [2.24, 2.45) is 0 Å². The SMILES string of the molecule is CCOC(C)=Cc1oc2ccc(-c3ccccc3)cc2[n+]1CCCS(=O)(=O)O. The summed E-state index contributed by atoms with van der Waals surface area (Å²) in [5.41, 5.74) is 3.67. The van der Waals surface area contributed by atoms with Crippen molar-refractivity contribution in [2.75, 3.05) is 12.4 Å². The van der Waals surface area contributed by atoms with E-state index in [1.54, 1.807) is 6.08 Å². The van der Waals surface area contributed by atoms with Crippen molar-refractivity contribution in [3.05, 3.63) is 60.2 Å². The van der Waals surface area contributed by atoms with E-state index in [-0.39, 0.29) is 12.2 Å². The Bertz CT molecular complexity index is 1080. The maximum Gasteiger partial charge on any atom is 0.377 e. The fourth-order valence-electron chi connectivity index (χ4n) is 3.10. The number of rotatable bonds is 8. The van der Waals surface area contributed by atoms with Gasteiger partial charge in [-0.3, -0.25) is 4.55 Å². The molecule has 28 heavy (non-hydrogen) atoms. The van der Waals surface area contributed by atoms with Crippen molar-refractivity contribution in [2.45, 2.75) is 26.8 Å². The van der Waals surface area contributed by atoms with Gasteiger partial charge < -0.3 is 9.15 Å². The van der Waals surface area contributed by atoms with E-state index in [0.29, 0.717) is 30.4 Å². The molecule has 0 spiro atoms. The molecule has 7 heteroatoms. The Hall–Kier alpha value is -2.64. The lowest BCUT2D eigenvalue weighted by molar-refractivity contribution is -0.677. The number of nitrogens with zero attached hydrogens (tertiary/aromatic N) is 1. The van der Waals surface area contributed by atoms with E-state index in [2.05, 4.69) is 0 Å². The van der Waals surface area contributed by atoms with Gasteiger partial charge in [-0.1, -0.05) is 36.4 Å². The molecule has 0 amide bonds. The molecule has 0 radical (unpaired) electrons. The highest BCUT2D eigenvalue weighted by molar-refractivity contribution is 7.85. The Kier molecular flexibility index (Phi) is 6.16. The van der Waals surface area contributed by atoms with Crippen LogP contribution in [0.2, 0.25) is 0 Å². The Labute approximate surface area is 164 Å². The van der Waals surface area contributed by atoms with Gasteiger partial charge in [0, 0.05) is 12.5 Å². The first kappa shape index (κ1) is 20.1. The summed E-state index contributed by atoms with van der Waals surface area (Å²) in [6, 6.07) is 15.9. The number of hydrogen-bond acceptors (Lipinski definition) is 4. The smallest absolute Gasteiger partial charge is 0.377 e. The molecule has 1 heterocycles. The normalized spacial score (nSPS) is 12.5. The van der Waals surface area contributed by atoms with E-state index in [4.69, 9.17) is 13.7 Å². The van der Waals surface area contributed by atoms with Crippen LogP contribution in [0.15, 0.2) is 58.7 Å². The zero-order valence-corrected chi connectivity index (χ0v) is 16.8.